The molecule has 1 aromatic heterocycles. The van der Waals surface area contributed by atoms with E-state index in [1.807, 2.05) is 6.92 Å². The van der Waals surface area contributed by atoms with Crippen molar-refractivity contribution in [1.29, 1.82) is 0 Å². The van der Waals surface area contributed by atoms with E-state index < -0.39 is 21.4 Å². The SMILES string of the molecule is CCCCS(=O)(=O)N1CCC(CNC(=O)c2ccc(Cl)cc2)(c2cccc(F)n2)CC1. The van der Waals surface area contributed by atoms with Crippen LogP contribution in [0.25, 0.3) is 0 Å². The summed E-state index contributed by atoms with van der Waals surface area (Å²) in [5, 5.41) is 3.46. The van der Waals surface area contributed by atoms with E-state index in [2.05, 4.69) is 10.3 Å². The molecule has 9 heteroatoms. The number of pyridine rings is 1. The molecule has 1 aliphatic rings. The van der Waals surface area contributed by atoms with Gasteiger partial charge in [0.2, 0.25) is 16.0 Å². The first kappa shape index (κ1) is 23.6. The van der Waals surface area contributed by atoms with E-state index in [1.54, 1.807) is 36.4 Å². The fraction of sp³-hybridized carbons (Fsp3) is 0.455. The Morgan fingerprint density at radius 3 is 2.48 bits per heavy atom. The molecule has 0 radical (unpaired) electrons. The summed E-state index contributed by atoms with van der Waals surface area (Å²) in [4.78, 5) is 16.7. The summed E-state index contributed by atoms with van der Waals surface area (Å²) >= 11 is 5.89. The van der Waals surface area contributed by atoms with Gasteiger partial charge in [-0.05, 0) is 55.7 Å². The van der Waals surface area contributed by atoms with Crippen LogP contribution in [0.15, 0.2) is 42.5 Å². The molecular weight excluding hydrogens is 441 g/mol. The van der Waals surface area contributed by atoms with Gasteiger partial charge in [0.25, 0.3) is 5.91 Å². The van der Waals surface area contributed by atoms with Gasteiger partial charge in [0.15, 0.2) is 0 Å². The van der Waals surface area contributed by atoms with Crippen LogP contribution in [-0.4, -0.2) is 49.0 Å². The summed E-state index contributed by atoms with van der Waals surface area (Å²) in [6.45, 7) is 2.80. The smallest absolute Gasteiger partial charge is 0.251 e. The van der Waals surface area contributed by atoms with Crippen molar-refractivity contribution in [3.63, 3.8) is 0 Å². The Balaban J connectivity index is 1.78. The van der Waals surface area contributed by atoms with Crippen LogP contribution >= 0.6 is 11.6 Å². The van der Waals surface area contributed by atoms with E-state index in [-0.39, 0.29) is 18.2 Å². The monoisotopic (exact) mass is 467 g/mol. The second-order valence-corrected chi connectivity index (χ2v) is 10.4. The van der Waals surface area contributed by atoms with Crippen molar-refractivity contribution in [3.8, 4) is 0 Å². The third-order valence-electron chi connectivity index (χ3n) is 5.78. The molecule has 2 heterocycles. The highest BCUT2D eigenvalue weighted by Gasteiger charge is 2.40. The van der Waals surface area contributed by atoms with E-state index in [1.165, 1.54) is 10.4 Å². The van der Waals surface area contributed by atoms with Crippen LogP contribution in [0.1, 0.15) is 48.7 Å². The number of hydrogen-bond acceptors (Lipinski definition) is 4. The molecule has 0 saturated carbocycles. The lowest BCUT2D eigenvalue weighted by Gasteiger charge is -2.41. The Morgan fingerprint density at radius 2 is 1.87 bits per heavy atom. The van der Waals surface area contributed by atoms with Crippen LogP contribution < -0.4 is 5.32 Å². The van der Waals surface area contributed by atoms with Crippen LogP contribution in [0, 0.1) is 5.95 Å². The molecular formula is C22H27ClFN3O3S. The number of hydrogen-bond donors (Lipinski definition) is 1. The molecule has 31 heavy (non-hydrogen) atoms. The Hall–Kier alpha value is -2.03. The van der Waals surface area contributed by atoms with E-state index in [0.29, 0.717) is 48.6 Å². The van der Waals surface area contributed by atoms with E-state index in [0.717, 1.165) is 6.42 Å². The average Bonchev–Trinajstić information content (AvgIpc) is 2.77. The Labute approximate surface area is 187 Å². The zero-order chi connectivity index (χ0) is 22.5. The largest absolute Gasteiger partial charge is 0.351 e. The standard InChI is InChI=1S/C22H27ClFN3O3S/c1-2-3-15-31(29,30)27-13-11-22(12-14-27,19-5-4-6-20(24)26-19)16-25-21(28)17-7-9-18(23)10-8-17/h4-10H,2-3,11-16H2,1H3,(H,25,28). The lowest BCUT2D eigenvalue weighted by Crippen LogP contribution is -2.51. The molecule has 1 aromatic carbocycles. The van der Waals surface area contributed by atoms with Crippen LogP contribution in [0.3, 0.4) is 0 Å². The number of sulfonamides is 1. The molecule has 2 aromatic rings. The van der Waals surface area contributed by atoms with E-state index in [4.69, 9.17) is 11.6 Å². The predicted molar refractivity (Wildman–Crippen MR) is 119 cm³/mol. The van der Waals surface area contributed by atoms with Gasteiger partial charge in [-0.1, -0.05) is 31.0 Å². The molecule has 1 fully saturated rings. The highest BCUT2D eigenvalue weighted by molar-refractivity contribution is 7.89. The normalized spacial score (nSPS) is 16.7. The van der Waals surface area contributed by atoms with Crippen molar-refractivity contribution in [2.24, 2.45) is 0 Å². The number of carbonyl (C=O) groups excluding carboxylic acids is 1. The number of nitrogens with zero attached hydrogens (tertiary/aromatic N) is 2. The predicted octanol–water partition coefficient (Wildman–Crippen LogP) is 3.77. The molecule has 1 aliphatic heterocycles. The quantitative estimate of drug-likeness (QED) is 0.599. The lowest BCUT2D eigenvalue weighted by molar-refractivity contribution is 0.0932. The summed E-state index contributed by atoms with van der Waals surface area (Å²) in [6.07, 6.45) is 2.30. The summed E-state index contributed by atoms with van der Waals surface area (Å²) in [6, 6.07) is 11.1. The second kappa shape index (κ2) is 10.1. The number of halogens is 2. The van der Waals surface area contributed by atoms with Gasteiger partial charge >= 0.3 is 0 Å². The molecule has 1 N–H and O–H groups in total. The zero-order valence-electron chi connectivity index (χ0n) is 17.5. The number of piperidine rings is 1. The summed E-state index contributed by atoms with van der Waals surface area (Å²) < 4.78 is 40.6. The molecule has 0 aliphatic carbocycles. The van der Waals surface area contributed by atoms with Crippen LogP contribution in [0.5, 0.6) is 0 Å². The first-order valence-corrected chi connectivity index (χ1v) is 12.4. The maximum Gasteiger partial charge on any atom is 0.251 e. The molecule has 1 amide bonds. The van der Waals surface area contributed by atoms with Gasteiger partial charge in [-0.3, -0.25) is 4.79 Å². The minimum absolute atomic E-state index is 0.127. The third-order valence-corrected chi connectivity index (χ3v) is 7.99. The summed E-state index contributed by atoms with van der Waals surface area (Å²) in [7, 11) is -3.33. The minimum atomic E-state index is -3.33. The molecule has 0 unspecified atom stereocenters. The van der Waals surface area contributed by atoms with Gasteiger partial charge in [0, 0.05) is 35.6 Å². The molecule has 0 spiro atoms. The number of amides is 1. The Kier molecular flexibility index (Phi) is 7.67. The highest BCUT2D eigenvalue weighted by atomic mass is 35.5. The van der Waals surface area contributed by atoms with Crippen LogP contribution in [0.2, 0.25) is 5.02 Å². The third kappa shape index (κ3) is 5.81. The van der Waals surface area contributed by atoms with Gasteiger partial charge < -0.3 is 5.32 Å². The highest BCUT2D eigenvalue weighted by Crippen LogP contribution is 2.35. The van der Waals surface area contributed by atoms with Crippen molar-refractivity contribution in [1.82, 2.24) is 14.6 Å². The Bertz CT molecular complexity index is 1010. The maximum absolute atomic E-state index is 13.9. The Morgan fingerprint density at radius 1 is 1.19 bits per heavy atom. The lowest BCUT2D eigenvalue weighted by atomic mass is 9.75. The van der Waals surface area contributed by atoms with Gasteiger partial charge in [0.1, 0.15) is 0 Å². The second-order valence-electron chi connectivity index (χ2n) is 7.88. The fourth-order valence-corrected chi connectivity index (χ4v) is 5.60. The van der Waals surface area contributed by atoms with E-state index >= 15 is 0 Å². The van der Waals surface area contributed by atoms with Gasteiger partial charge in [0.05, 0.1) is 11.4 Å². The number of benzene rings is 1. The van der Waals surface area contributed by atoms with Crippen molar-refractivity contribution in [3.05, 3.63) is 64.7 Å². The molecule has 3 rings (SSSR count). The van der Waals surface area contributed by atoms with Crippen molar-refractivity contribution >= 4 is 27.5 Å². The molecule has 6 nitrogen and oxygen atoms in total. The van der Waals surface area contributed by atoms with E-state index in [9.17, 15) is 17.6 Å². The minimum Gasteiger partial charge on any atom is -0.351 e. The maximum atomic E-state index is 13.9. The van der Waals surface area contributed by atoms with Gasteiger partial charge in [-0.2, -0.15) is 4.39 Å². The molecule has 0 bridgehead atoms. The van der Waals surface area contributed by atoms with Crippen molar-refractivity contribution < 1.29 is 17.6 Å². The zero-order valence-corrected chi connectivity index (χ0v) is 19.1. The van der Waals surface area contributed by atoms with Crippen LogP contribution in [-0.2, 0) is 15.4 Å². The fourth-order valence-electron chi connectivity index (χ4n) is 3.83. The van der Waals surface area contributed by atoms with Crippen LogP contribution in [0.4, 0.5) is 4.39 Å². The molecule has 0 atom stereocenters. The molecule has 1 saturated heterocycles. The number of rotatable bonds is 8. The average molecular weight is 468 g/mol. The van der Waals surface area contributed by atoms with Crippen molar-refractivity contribution in [2.45, 2.75) is 38.0 Å². The summed E-state index contributed by atoms with van der Waals surface area (Å²) in [5.74, 6) is -0.744. The van der Waals surface area contributed by atoms with Crippen molar-refractivity contribution in [2.75, 3.05) is 25.4 Å². The number of unbranched alkanes of at least 4 members (excludes halogenated alkanes) is 1. The molecule has 168 valence electrons. The summed E-state index contributed by atoms with van der Waals surface area (Å²) in [5.41, 5.74) is 0.335. The van der Waals surface area contributed by atoms with Gasteiger partial charge in [-0.15, -0.1) is 0 Å². The number of carbonyl (C=O) groups is 1. The topological polar surface area (TPSA) is 79.4 Å². The first-order valence-electron chi connectivity index (χ1n) is 10.4. The van der Waals surface area contributed by atoms with Gasteiger partial charge in [-0.25, -0.2) is 17.7 Å². The first-order chi connectivity index (χ1) is 14.8. The number of nitrogens with one attached hydrogen (secondary N) is 1. The number of aromatic nitrogens is 1.